The van der Waals surface area contributed by atoms with Crippen LogP contribution in [0.5, 0.6) is 0 Å². The molecule has 1 atom stereocenters. The second-order valence-electron chi connectivity index (χ2n) is 6.81. The van der Waals surface area contributed by atoms with Gasteiger partial charge in [0.15, 0.2) is 0 Å². The Kier molecular flexibility index (Phi) is 6.09. The predicted molar refractivity (Wildman–Crippen MR) is 105 cm³/mol. The zero-order valence-electron chi connectivity index (χ0n) is 15.3. The third-order valence-electron chi connectivity index (χ3n) is 4.73. The number of carbonyl (C=O) groups is 2. The molecule has 1 heterocycles. The summed E-state index contributed by atoms with van der Waals surface area (Å²) >= 11 is 1.54. The first-order valence-corrected chi connectivity index (χ1v) is 10.1. The molecular weight excluding hydrogens is 346 g/mol. The van der Waals surface area contributed by atoms with Crippen molar-refractivity contribution in [3.63, 3.8) is 0 Å². The monoisotopic (exact) mass is 371 g/mol. The van der Waals surface area contributed by atoms with Crippen molar-refractivity contribution in [1.82, 2.24) is 0 Å². The summed E-state index contributed by atoms with van der Waals surface area (Å²) < 4.78 is 5.25. The van der Waals surface area contributed by atoms with Crippen molar-refractivity contribution in [2.24, 2.45) is 5.92 Å². The van der Waals surface area contributed by atoms with Crippen LogP contribution < -0.4 is 5.32 Å². The zero-order valence-corrected chi connectivity index (χ0v) is 16.2. The van der Waals surface area contributed by atoms with E-state index in [-0.39, 0.29) is 11.9 Å². The molecule has 1 N–H and O–H groups in total. The van der Waals surface area contributed by atoms with E-state index in [1.54, 1.807) is 6.92 Å². The van der Waals surface area contributed by atoms with Gasteiger partial charge in [0.2, 0.25) is 5.91 Å². The van der Waals surface area contributed by atoms with Gasteiger partial charge in [-0.05, 0) is 49.7 Å². The summed E-state index contributed by atoms with van der Waals surface area (Å²) in [5.74, 6) is 0.224. The Morgan fingerprint density at radius 1 is 1.27 bits per heavy atom. The number of hydrogen-bond acceptors (Lipinski definition) is 4. The molecule has 138 valence electrons. The maximum absolute atomic E-state index is 12.5. The highest BCUT2D eigenvalue weighted by Crippen LogP contribution is 2.40. The lowest BCUT2D eigenvalue weighted by Crippen LogP contribution is -2.16. The van der Waals surface area contributed by atoms with Gasteiger partial charge in [0.25, 0.3) is 0 Å². The second-order valence-corrected chi connectivity index (χ2v) is 7.92. The molecule has 0 unspecified atom stereocenters. The lowest BCUT2D eigenvalue weighted by Gasteiger charge is -2.18. The van der Waals surface area contributed by atoms with Crippen molar-refractivity contribution in [3.8, 4) is 0 Å². The van der Waals surface area contributed by atoms with Crippen molar-refractivity contribution in [2.75, 3.05) is 11.9 Å². The van der Waals surface area contributed by atoms with Crippen molar-refractivity contribution >= 4 is 28.2 Å². The van der Waals surface area contributed by atoms with Gasteiger partial charge in [0.05, 0.1) is 12.2 Å². The topological polar surface area (TPSA) is 55.4 Å². The van der Waals surface area contributed by atoms with Crippen molar-refractivity contribution in [3.05, 3.63) is 51.9 Å². The molecule has 1 aliphatic rings. The number of thiophene rings is 1. The molecule has 4 nitrogen and oxygen atoms in total. The fourth-order valence-corrected chi connectivity index (χ4v) is 4.76. The molecule has 1 aromatic carbocycles. The van der Waals surface area contributed by atoms with E-state index < -0.39 is 0 Å². The highest BCUT2D eigenvalue weighted by atomic mass is 32.1. The third kappa shape index (κ3) is 4.33. The average Bonchev–Trinajstić information content (AvgIpc) is 2.98. The van der Waals surface area contributed by atoms with Gasteiger partial charge in [-0.3, -0.25) is 4.79 Å². The number of hydrogen-bond donors (Lipinski definition) is 1. The molecule has 1 aliphatic carbocycles. The molecule has 0 saturated heterocycles. The molecule has 0 radical (unpaired) electrons. The van der Waals surface area contributed by atoms with E-state index in [0.29, 0.717) is 35.9 Å². The molecule has 0 spiro atoms. The molecule has 26 heavy (non-hydrogen) atoms. The normalized spacial score (nSPS) is 16.0. The van der Waals surface area contributed by atoms with Crippen LogP contribution in [0.2, 0.25) is 0 Å². The summed E-state index contributed by atoms with van der Waals surface area (Å²) in [5, 5.41) is 3.62. The highest BCUT2D eigenvalue weighted by Gasteiger charge is 2.29. The van der Waals surface area contributed by atoms with E-state index in [9.17, 15) is 9.59 Å². The number of nitrogens with one attached hydrogen (secondary N) is 1. The van der Waals surface area contributed by atoms with Crippen LogP contribution in [-0.2, 0) is 28.8 Å². The molecule has 3 rings (SSSR count). The number of benzene rings is 1. The number of esters is 1. The standard InChI is InChI=1S/C21H25NO3S/c1-3-25-21(24)19-16-11-9-14(2)13-17(16)26-20(19)22-18(23)12-10-15-7-5-4-6-8-15/h4-8,14H,3,9-13H2,1-2H3,(H,22,23)/t14-/m1/s1. The summed E-state index contributed by atoms with van der Waals surface area (Å²) in [4.78, 5) is 26.1. The first-order valence-electron chi connectivity index (χ1n) is 9.24. The Balaban J connectivity index is 1.75. The fourth-order valence-electron chi connectivity index (χ4n) is 3.35. The van der Waals surface area contributed by atoms with Crippen LogP contribution in [0.15, 0.2) is 30.3 Å². The van der Waals surface area contributed by atoms with Crippen LogP contribution >= 0.6 is 11.3 Å². The van der Waals surface area contributed by atoms with Crippen LogP contribution in [0.25, 0.3) is 0 Å². The Hall–Kier alpha value is -2.14. The van der Waals surface area contributed by atoms with Crippen LogP contribution in [0.4, 0.5) is 5.00 Å². The Morgan fingerprint density at radius 3 is 2.77 bits per heavy atom. The van der Waals surface area contributed by atoms with E-state index in [4.69, 9.17) is 4.74 Å². The van der Waals surface area contributed by atoms with Crippen molar-refractivity contribution in [2.45, 2.75) is 46.0 Å². The van der Waals surface area contributed by atoms with Crippen LogP contribution in [0.3, 0.4) is 0 Å². The largest absolute Gasteiger partial charge is 0.462 e. The fraction of sp³-hybridized carbons (Fsp3) is 0.429. The van der Waals surface area contributed by atoms with Gasteiger partial charge in [0, 0.05) is 11.3 Å². The maximum Gasteiger partial charge on any atom is 0.341 e. The summed E-state index contributed by atoms with van der Waals surface area (Å²) in [6.07, 6.45) is 3.99. The Morgan fingerprint density at radius 2 is 2.04 bits per heavy atom. The minimum Gasteiger partial charge on any atom is -0.462 e. The van der Waals surface area contributed by atoms with E-state index >= 15 is 0 Å². The third-order valence-corrected chi connectivity index (χ3v) is 5.90. The first kappa shape index (κ1) is 18.6. The van der Waals surface area contributed by atoms with Gasteiger partial charge in [-0.1, -0.05) is 37.3 Å². The average molecular weight is 372 g/mol. The molecule has 0 aliphatic heterocycles. The Labute approximate surface area is 158 Å². The molecule has 0 bridgehead atoms. The summed E-state index contributed by atoms with van der Waals surface area (Å²) in [6.45, 7) is 4.36. The number of carbonyl (C=O) groups excluding carboxylic acids is 2. The number of aryl methyl sites for hydroxylation is 1. The number of fused-ring (bicyclic) bond motifs is 1. The van der Waals surface area contributed by atoms with Crippen LogP contribution in [-0.4, -0.2) is 18.5 Å². The summed E-state index contributed by atoms with van der Waals surface area (Å²) in [6, 6.07) is 9.94. The van der Waals surface area contributed by atoms with Gasteiger partial charge in [-0.2, -0.15) is 0 Å². The molecular formula is C21H25NO3S. The SMILES string of the molecule is CCOC(=O)c1c(NC(=O)CCc2ccccc2)sc2c1CC[C@@H](C)C2. The summed E-state index contributed by atoms with van der Waals surface area (Å²) in [7, 11) is 0. The van der Waals surface area contributed by atoms with Crippen LogP contribution in [0, 0.1) is 5.92 Å². The van der Waals surface area contributed by atoms with E-state index in [0.717, 1.165) is 30.4 Å². The van der Waals surface area contributed by atoms with E-state index in [2.05, 4.69) is 12.2 Å². The number of anilines is 1. The number of ether oxygens (including phenoxy) is 1. The maximum atomic E-state index is 12.5. The first-order chi connectivity index (χ1) is 12.6. The highest BCUT2D eigenvalue weighted by molar-refractivity contribution is 7.17. The van der Waals surface area contributed by atoms with Crippen LogP contribution in [0.1, 0.15) is 53.1 Å². The van der Waals surface area contributed by atoms with Crippen molar-refractivity contribution < 1.29 is 14.3 Å². The minimum absolute atomic E-state index is 0.0638. The quantitative estimate of drug-likeness (QED) is 0.754. The van der Waals surface area contributed by atoms with Gasteiger partial charge in [-0.15, -0.1) is 11.3 Å². The number of rotatable bonds is 6. The van der Waals surface area contributed by atoms with Gasteiger partial charge in [0.1, 0.15) is 5.00 Å². The Bertz CT molecular complexity index is 782. The van der Waals surface area contributed by atoms with Gasteiger partial charge < -0.3 is 10.1 Å². The molecule has 1 amide bonds. The van der Waals surface area contributed by atoms with Gasteiger partial charge >= 0.3 is 5.97 Å². The smallest absolute Gasteiger partial charge is 0.341 e. The number of amides is 1. The van der Waals surface area contributed by atoms with E-state index in [1.807, 2.05) is 30.3 Å². The molecule has 2 aromatic rings. The lowest BCUT2D eigenvalue weighted by molar-refractivity contribution is -0.116. The van der Waals surface area contributed by atoms with E-state index in [1.165, 1.54) is 16.2 Å². The molecule has 0 fully saturated rings. The second kappa shape index (κ2) is 8.49. The lowest BCUT2D eigenvalue weighted by atomic mass is 9.88. The predicted octanol–water partition coefficient (Wildman–Crippen LogP) is 4.62. The molecule has 0 saturated carbocycles. The zero-order chi connectivity index (χ0) is 18.5. The molecule has 1 aromatic heterocycles. The molecule has 5 heteroatoms. The van der Waals surface area contributed by atoms with Crippen molar-refractivity contribution in [1.29, 1.82) is 0 Å². The summed E-state index contributed by atoms with van der Waals surface area (Å²) in [5.41, 5.74) is 2.78. The van der Waals surface area contributed by atoms with Gasteiger partial charge in [-0.25, -0.2) is 4.79 Å². The minimum atomic E-state index is -0.321.